The van der Waals surface area contributed by atoms with Crippen molar-refractivity contribution in [2.24, 2.45) is 0 Å². The van der Waals surface area contributed by atoms with Crippen LogP contribution in [0, 0.1) is 0 Å². The number of hydrogen-bond acceptors (Lipinski definition) is 4. The molecule has 0 fully saturated rings. The summed E-state index contributed by atoms with van der Waals surface area (Å²) in [4.78, 5) is 12.0. The maximum Gasteiger partial charge on any atom is 0.416 e. The van der Waals surface area contributed by atoms with E-state index in [4.69, 9.17) is 13.9 Å². The lowest BCUT2D eigenvalue weighted by Gasteiger charge is -2.14. The summed E-state index contributed by atoms with van der Waals surface area (Å²) in [6.45, 7) is 0.387. The van der Waals surface area contributed by atoms with Crippen LogP contribution in [0.4, 0.5) is 18.9 Å². The number of halogens is 3. The van der Waals surface area contributed by atoms with Gasteiger partial charge in [-0.25, -0.2) is 0 Å². The third kappa shape index (κ3) is 4.49. The van der Waals surface area contributed by atoms with Crippen molar-refractivity contribution in [2.45, 2.75) is 6.18 Å². The molecule has 23 heavy (non-hydrogen) atoms. The lowest BCUT2D eigenvalue weighted by Crippen LogP contribution is -2.14. The number of hydrogen-bond donors (Lipinski definition) is 1. The highest BCUT2D eigenvalue weighted by Gasteiger charge is 2.31. The molecule has 0 radical (unpaired) electrons. The van der Waals surface area contributed by atoms with Crippen molar-refractivity contribution in [3.05, 3.63) is 47.9 Å². The van der Waals surface area contributed by atoms with Gasteiger partial charge < -0.3 is 19.2 Å². The van der Waals surface area contributed by atoms with Crippen molar-refractivity contribution in [2.75, 3.05) is 25.6 Å². The minimum absolute atomic E-state index is 0.0229. The summed E-state index contributed by atoms with van der Waals surface area (Å²) >= 11 is 0. The number of ether oxygens (including phenoxy) is 2. The van der Waals surface area contributed by atoms with Gasteiger partial charge in [-0.2, -0.15) is 13.2 Å². The first-order valence-corrected chi connectivity index (χ1v) is 6.59. The van der Waals surface area contributed by atoms with Crippen LogP contribution in [0.25, 0.3) is 0 Å². The molecular weight excluding hydrogens is 315 g/mol. The third-order valence-corrected chi connectivity index (χ3v) is 2.85. The maximum atomic E-state index is 12.8. The van der Waals surface area contributed by atoms with Crippen molar-refractivity contribution in [1.29, 1.82) is 0 Å². The van der Waals surface area contributed by atoms with Crippen LogP contribution in [0.3, 0.4) is 0 Å². The van der Waals surface area contributed by atoms with Crippen molar-refractivity contribution in [1.82, 2.24) is 0 Å². The molecule has 5 nitrogen and oxygen atoms in total. The van der Waals surface area contributed by atoms with Gasteiger partial charge in [0.1, 0.15) is 12.4 Å². The van der Waals surface area contributed by atoms with Crippen LogP contribution in [0.1, 0.15) is 16.1 Å². The molecule has 124 valence electrons. The Hall–Kier alpha value is -2.48. The van der Waals surface area contributed by atoms with Gasteiger partial charge in [-0.3, -0.25) is 4.79 Å². The molecule has 2 aromatic rings. The van der Waals surface area contributed by atoms with E-state index in [2.05, 4.69) is 5.32 Å². The monoisotopic (exact) mass is 329 g/mol. The highest BCUT2D eigenvalue weighted by Crippen LogP contribution is 2.35. The van der Waals surface area contributed by atoms with Gasteiger partial charge >= 0.3 is 6.18 Å². The highest BCUT2D eigenvalue weighted by molar-refractivity contribution is 6.03. The van der Waals surface area contributed by atoms with Gasteiger partial charge in [0, 0.05) is 7.11 Å². The van der Waals surface area contributed by atoms with E-state index in [1.165, 1.54) is 25.5 Å². The van der Waals surface area contributed by atoms with Gasteiger partial charge in [-0.15, -0.1) is 0 Å². The highest BCUT2D eigenvalue weighted by atomic mass is 19.4. The number of carbonyl (C=O) groups excluding carboxylic acids is 1. The smallest absolute Gasteiger partial charge is 0.416 e. The molecule has 0 aliphatic carbocycles. The Morgan fingerprint density at radius 3 is 2.65 bits per heavy atom. The van der Waals surface area contributed by atoms with E-state index < -0.39 is 17.6 Å². The molecule has 0 bridgehead atoms. The molecule has 2 rings (SSSR count). The Labute approximate surface area is 130 Å². The predicted octanol–water partition coefficient (Wildman–Crippen LogP) is 3.58. The summed E-state index contributed by atoms with van der Waals surface area (Å²) in [5.41, 5.74) is -0.997. The van der Waals surface area contributed by atoms with E-state index in [0.717, 1.165) is 18.2 Å². The second kappa shape index (κ2) is 7.19. The zero-order chi connectivity index (χ0) is 16.9. The Bertz CT molecular complexity index is 653. The number of carbonyl (C=O) groups is 1. The van der Waals surface area contributed by atoms with Crippen LogP contribution in [-0.2, 0) is 10.9 Å². The molecule has 1 N–H and O–H groups in total. The number of anilines is 1. The molecular formula is C15H14F3NO4. The molecule has 1 heterocycles. The Kier molecular flexibility index (Phi) is 5.28. The number of amides is 1. The van der Waals surface area contributed by atoms with Gasteiger partial charge in [0.25, 0.3) is 5.91 Å². The summed E-state index contributed by atoms with van der Waals surface area (Å²) in [5, 5.41) is 2.35. The van der Waals surface area contributed by atoms with Crippen molar-refractivity contribution >= 4 is 11.6 Å². The normalized spacial score (nSPS) is 11.3. The SMILES string of the molecule is COCCOc1ccc(C(F)(F)F)cc1NC(=O)c1ccco1. The molecule has 1 amide bonds. The summed E-state index contributed by atoms with van der Waals surface area (Å²) in [5.74, 6) is -0.592. The van der Waals surface area contributed by atoms with Gasteiger partial charge in [-0.05, 0) is 30.3 Å². The first kappa shape index (κ1) is 16.9. The second-order valence-electron chi connectivity index (χ2n) is 4.48. The van der Waals surface area contributed by atoms with Crippen LogP contribution in [-0.4, -0.2) is 26.2 Å². The van der Waals surface area contributed by atoms with E-state index >= 15 is 0 Å². The van der Waals surface area contributed by atoms with Crippen LogP contribution < -0.4 is 10.1 Å². The second-order valence-corrected chi connectivity index (χ2v) is 4.48. The average Bonchev–Trinajstić information content (AvgIpc) is 3.02. The van der Waals surface area contributed by atoms with E-state index in [1.807, 2.05) is 0 Å². The zero-order valence-corrected chi connectivity index (χ0v) is 12.1. The Balaban J connectivity index is 2.26. The van der Waals surface area contributed by atoms with E-state index in [1.54, 1.807) is 0 Å². The molecule has 0 unspecified atom stereocenters. The minimum atomic E-state index is -4.53. The Morgan fingerprint density at radius 1 is 1.26 bits per heavy atom. The molecule has 8 heteroatoms. The molecule has 0 atom stereocenters. The van der Waals surface area contributed by atoms with Crippen LogP contribution in [0.5, 0.6) is 5.75 Å². The molecule has 0 spiro atoms. The number of alkyl halides is 3. The third-order valence-electron chi connectivity index (χ3n) is 2.85. The average molecular weight is 329 g/mol. The number of nitrogens with one attached hydrogen (secondary N) is 1. The number of rotatable bonds is 6. The zero-order valence-electron chi connectivity index (χ0n) is 12.1. The van der Waals surface area contributed by atoms with Gasteiger partial charge in [0.15, 0.2) is 5.76 Å². The summed E-state index contributed by atoms with van der Waals surface area (Å²) < 4.78 is 53.5. The first-order chi connectivity index (χ1) is 10.9. The van der Waals surface area contributed by atoms with E-state index in [9.17, 15) is 18.0 Å². The first-order valence-electron chi connectivity index (χ1n) is 6.59. The molecule has 1 aromatic carbocycles. The Morgan fingerprint density at radius 2 is 2.04 bits per heavy atom. The summed E-state index contributed by atoms with van der Waals surface area (Å²) in [6, 6.07) is 5.73. The fourth-order valence-corrected chi connectivity index (χ4v) is 1.76. The molecule has 0 aliphatic heterocycles. The van der Waals surface area contributed by atoms with Crippen LogP contribution in [0.2, 0.25) is 0 Å². The largest absolute Gasteiger partial charge is 0.489 e. The van der Waals surface area contributed by atoms with Crippen molar-refractivity contribution in [3.63, 3.8) is 0 Å². The summed E-state index contributed by atoms with van der Waals surface area (Å²) in [6.07, 6.45) is -3.24. The molecule has 0 saturated carbocycles. The fourth-order valence-electron chi connectivity index (χ4n) is 1.76. The standard InChI is InChI=1S/C15H14F3NO4/c1-21-7-8-23-12-5-4-10(15(16,17)18)9-11(12)19-14(20)13-3-2-6-22-13/h2-6,9H,7-8H2,1H3,(H,19,20). The molecule has 0 saturated heterocycles. The lowest BCUT2D eigenvalue weighted by molar-refractivity contribution is -0.137. The van der Waals surface area contributed by atoms with Crippen molar-refractivity contribution in [3.8, 4) is 5.75 Å². The summed E-state index contributed by atoms with van der Waals surface area (Å²) in [7, 11) is 1.47. The maximum absolute atomic E-state index is 12.8. The number of benzene rings is 1. The predicted molar refractivity (Wildman–Crippen MR) is 75.5 cm³/mol. The minimum Gasteiger partial charge on any atom is -0.489 e. The fraction of sp³-hybridized carbons (Fsp3) is 0.267. The quantitative estimate of drug-likeness (QED) is 0.823. The lowest BCUT2D eigenvalue weighted by atomic mass is 10.1. The topological polar surface area (TPSA) is 60.7 Å². The number of furan rings is 1. The van der Waals surface area contributed by atoms with Gasteiger partial charge in [0.05, 0.1) is 24.1 Å². The number of methoxy groups -OCH3 is 1. The molecule has 0 aliphatic rings. The van der Waals surface area contributed by atoms with E-state index in [0.29, 0.717) is 0 Å². The van der Waals surface area contributed by atoms with Crippen molar-refractivity contribution < 1.29 is 31.9 Å². The van der Waals surface area contributed by atoms with Gasteiger partial charge in [0.2, 0.25) is 0 Å². The van der Waals surface area contributed by atoms with Crippen LogP contribution >= 0.6 is 0 Å². The van der Waals surface area contributed by atoms with E-state index in [-0.39, 0.29) is 30.4 Å². The van der Waals surface area contributed by atoms with Gasteiger partial charge in [-0.1, -0.05) is 0 Å². The van der Waals surface area contributed by atoms with Crippen LogP contribution in [0.15, 0.2) is 41.0 Å². The molecule has 1 aromatic heterocycles.